The molecule has 10 heteroatoms. The summed E-state index contributed by atoms with van der Waals surface area (Å²) in [5.74, 6) is -0.0802. The Morgan fingerprint density at radius 3 is 2.26 bits per heavy atom. The highest BCUT2D eigenvalue weighted by atomic mass is 35.5. The summed E-state index contributed by atoms with van der Waals surface area (Å²) in [6, 6.07) is 22.0. The molecule has 0 amide bonds. The Hall–Kier alpha value is -3.66. The van der Waals surface area contributed by atoms with Crippen molar-refractivity contribution in [1.29, 1.82) is 0 Å². The number of piperazine rings is 1. The number of hydrogen-bond acceptors (Lipinski definition) is 6. The average molecular weight is 564 g/mol. The predicted octanol–water partition coefficient (Wildman–Crippen LogP) is 4.02. The number of benzene rings is 3. The Kier molecular flexibility index (Phi) is 7.74. The van der Waals surface area contributed by atoms with E-state index in [0.29, 0.717) is 60.1 Å². The molecule has 39 heavy (non-hydrogen) atoms. The van der Waals surface area contributed by atoms with E-state index in [9.17, 15) is 13.2 Å². The molecule has 2 heterocycles. The fourth-order valence-electron chi connectivity index (χ4n) is 4.74. The van der Waals surface area contributed by atoms with Crippen molar-refractivity contribution < 1.29 is 8.42 Å². The summed E-state index contributed by atoms with van der Waals surface area (Å²) >= 11 is 6.18. The quantitative estimate of drug-likeness (QED) is 0.341. The summed E-state index contributed by atoms with van der Waals surface area (Å²) in [5.41, 5.74) is 10.8. The Morgan fingerprint density at radius 1 is 0.923 bits per heavy atom. The molecule has 1 saturated heterocycles. The highest BCUT2D eigenvalue weighted by Crippen LogP contribution is 2.24. The number of hydrogen-bond donors (Lipinski definition) is 1. The molecule has 1 aromatic heterocycles. The number of sulfonamides is 1. The van der Waals surface area contributed by atoms with E-state index in [2.05, 4.69) is 10.00 Å². The van der Waals surface area contributed by atoms with Crippen molar-refractivity contribution in [1.82, 2.24) is 14.1 Å². The second kappa shape index (κ2) is 11.2. The molecule has 0 spiro atoms. The van der Waals surface area contributed by atoms with Crippen LogP contribution in [-0.2, 0) is 22.2 Å². The topological polar surface area (TPSA) is 102 Å². The van der Waals surface area contributed by atoms with Crippen LogP contribution in [-0.4, -0.2) is 48.7 Å². The summed E-state index contributed by atoms with van der Waals surface area (Å²) in [5, 5.41) is 4.99. The van der Waals surface area contributed by atoms with E-state index in [0.717, 1.165) is 16.8 Å². The Morgan fingerprint density at radius 2 is 1.59 bits per heavy atom. The van der Waals surface area contributed by atoms with Crippen molar-refractivity contribution in [3.63, 3.8) is 0 Å². The molecule has 3 aromatic carbocycles. The fraction of sp³-hybridized carbons (Fsp3) is 0.241. The molecule has 202 valence electrons. The van der Waals surface area contributed by atoms with Crippen LogP contribution < -0.4 is 16.2 Å². The van der Waals surface area contributed by atoms with Gasteiger partial charge in [0.2, 0.25) is 10.0 Å². The van der Waals surface area contributed by atoms with E-state index >= 15 is 0 Å². The van der Waals surface area contributed by atoms with Crippen LogP contribution in [0.5, 0.6) is 0 Å². The molecule has 0 saturated carbocycles. The van der Waals surface area contributed by atoms with Crippen molar-refractivity contribution in [3.05, 3.63) is 117 Å². The third-order valence-electron chi connectivity index (χ3n) is 6.91. The first-order chi connectivity index (χ1) is 18.7. The van der Waals surface area contributed by atoms with Gasteiger partial charge in [0.05, 0.1) is 23.3 Å². The smallest absolute Gasteiger partial charge is 0.277 e. The zero-order chi connectivity index (χ0) is 27.6. The van der Waals surface area contributed by atoms with Crippen LogP contribution in [0.4, 0.5) is 11.4 Å². The van der Waals surface area contributed by atoms with Crippen molar-refractivity contribution in [2.45, 2.75) is 19.1 Å². The Bertz CT molecular complexity index is 1630. The molecule has 2 N–H and O–H groups in total. The molecule has 4 aromatic rings. The van der Waals surface area contributed by atoms with E-state index in [1.807, 2.05) is 31.2 Å². The molecule has 0 unspecified atom stereocenters. The lowest BCUT2D eigenvalue weighted by atomic mass is 10.0. The second-order valence-electron chi connectivity index (χ2n) is 9.75. The lowest BCUT2D eigenvalue weighted by Crippen LogP contribution is -2.49. The number of halogens is 1. The normalized spacial score (nSPS) is 14.5. The van der Waals surface area contributed by atoms with Gasteiger partial charge in [0, 0.05) is 48.9 Å². The summed E-state index contributed by atoms with van der Waals surface area (Å²) < 4.78 is 29.1. The van der Waals surface area contributed by atoms with Gasteiger partial charge in [0.15, 0.2) is 0 Å². The van der Waals surface area contributed by atoms with Gasteiger partial charge in [0.1, 0.15) is 0 Å². The lowest BCUT2D eigenvalue weighted by molar-refractivity contribution is 0.384. The maximum Gasteiger partial charge on any atom is 0.277 e. The van der Waals surface area contributed by atoms with Crippen molar-refractivity contribution in [2.24, 2.45) is 0 Å². The minimum Gasteiger partial charge on any atom is -0.399 e. The molecule has 8 nitrogen and oxygen atoms in total. The van der Waals surface area contributed by atoms with Crippen LogP contribution in [0.3, 0.4) is 0 Å². The number of aromatic nitrogens is 2. The Balaban J connectivity index is 1.41. The van der Waals surface area contributed by atoms with Crippen LogP contribution in [0, 0.1) is 6.92 Å². The summed E-state index contributed by atoms with van der Waals surface area (Å²) in [7, 11) is -3.50. The SMILES string of the molecule is Cc1ccc(Cc2c(N3CCN(S(=O)(=O)Cc4ccc(N)cc4)CC3)cnn(-c3cccc(Cl)c3)c2=O)cc1. The maximum atomic E-state index is 13.8. The molecule has 0 atom stereocenters. The lowest BCUT2D eigenvalue weighted by Gasteiger charge is -2.36. The van der Waals surface area contributed by atoms with Crippen LogP contribution in [0.2, 0.25) is 5.02 Å². The number of nitrogens with zero attached hydrogens (tertiary/aromatic N) is 4. The first-order valence-electron chi connectivity index (χ1n) is 12.7. The van der Waals surface area contributed by atoms with Gasteiger partial charge in [-0.1, -0.05) is 59.6 Å². The monoisotopic (exact) mass is 563 g/mol. The molecule has 1 aliphatic rings. The van der Waals surface area contributed by atoms with E-state index in [-0.39, 0.29) is 11.3 Å². The largest absolute Gasteiger partial charge is 0.399 e. The molecule has 1 fully saturated rings. The molecule has 5 rings (SSSR count). The van der Waals surface area contributed by atoms with Gasteiger partial charge in [-0.25, -0.2) is 8.42 Å². The maximum absolute atomic E-state index is 13.8. The van der Waals surface area contributed by atoms with Crippen LogP contribution >= 0.6 is 11.6 Å². The van der Waals surface area contributed by atoms with Gasteiger partial charge in [-0.3, -0.25) is 4.79 Å². The van der Waals surface area contributed by atoms with Gasteiger partial charge < -0.3 is 10.6 Å². The third kappa shape index (κ3) is 6.16. The number of aryl methyl sites for hydroxylation is 1. The van der Waals surface area contributed by atoms with Gasteiger partial charge in [-0.15, -0.1) is 0 Å². The highest BCUT2D eigenvalue weighted by molar-refractivity contribution is 7.88. The molecule has 1 aliphatic heterocycles. The van der Waals surface area contributed by atoms with E-state index in [1.165, 1.54) is 8.99 Å². The van der Waals surface area contributed by atoms with Crippen molar-refractivity contribution in [3.8, 4) is 5.69 Å². The zero-order valence-electron chi connectivity index (χ0n) is 21.6. The third-order valence-corrected chi connectivity index (χ3v) is 9.00. The van der Waals surface area contributed by atoms with Crippen molar-refractivity contribution >= 4 is 33.0 Å². The molecular formula is C29H30ClN5O3S. The molecular weight excluding hydrogens is 534 g/mol. The summed E-state index contributed by atoms with van der Waals surface area (Å²) in [6.45, 7) is 3.56. The van der Waals surface area contributed by atoms with Crippen LogP contribution in [0.25, 0.3) is 5.69 Å². The van der Waals surface area contributed by atoms with Gasteiger partial charge >= 0.3 is 0 Å². The van der Waals surface area contributed by atoms with Crippen LogP contribution in [0.15, 0.2) is 83.8 Å². The average Bonchev–Trinajstić information content (AvgIpc) is 2.92. The second-order valence-corrected chi connectivity index (χ2v) is 12.2. The van der Waals surface area contributed by atoms with Crippen LogP contribution in [0.1, 0.15) is 22.3 Å². The van der Waals surface area contributed by atoms with Gasteiger partial charge in [-0.05, 0) is 48.4 Å². The molecule has 0 radical (unpaired) electrons. The van der Waals surface area contributed by atoms with E-state index < -0.39 is 10.0 Å². The minimum atomic E-state index is -3.50. The zero-order valence-corrected chi connectivity index (χ0v) is 23.2. The Labute approximate surface area is 233 Å². The van der Waals surface area contributed by atoms with Gasteiger partial charge in [-0.2, -0.15) is 14.1 Å². The van der Waals surface area contributed by atoms with Gasteiger partial charge in [0.25, 0.3) is 5.56 Å². The number of nitrogen functional groups attached to an aromatic ring is 1. The van der Waals surface area contributed by atoms with E-state index in [4.69, 9.17) is 17.3 Å². The van der Waals surface area contributed by atoms with Crippen molar-refractivity contribution in [2.75, 3.05) is 36.8 Å². The highest BCUT2D eigenvalue weighted by Gasteiger charge is 2.29. The first kappa shape index (κ1) is 26.9. The molecule has 0 bridgehead atoms. The standard InChI is InChI=1S/C29H30ClN5O3S/c1-21-5-7-22(8-6-21)17-27-28(19-32-35(29(27)36)26-4-2-3-24(30)18-26)33-13-15-34(16-14-33)39(37,38)20-23-9-11-25(31)12-10-23/h2-12,18-19H,13-17,20,31H2,1H3. The minimum absolute atomic E-state index is 0.0802. The predicted molar refractivity (Wildman–Crippen MR) is 156 cm³/mol. The summed E-state index contributed by atoms with van der Waals surface area (Å²) in [6.07, 6.45) is 2.12. The number of nitrogens with two attached hydrogens (primary N) is 1. The summed E-state index contributed by atoms with van der Waals surface area (Å²) in [4.78, 5) is 15.8. The number of rotatable bonds is 7. The number of anilines is 2. The molecule has 0 aliphatic carbocycles. The van der Waals surface area contributed by atoms with E-state index in [1.54, 1.807) is 54.7 Å². The fourth-order valence-corrected chi connectivity index (χ4v) is 6.44. The first-order valence-corrected chi connectivity index (χ1v) is 14.7.